The van der Waals surface area contributed by atoms with Crippen LogP contribution in [0.15, 0.2) is 36.5 Å². The molecule has 6 heteroatoms. The second kappa shape index (κ2) is 6.27. The highest BCUT2D eigenvalue weighted by molar-refractivity contribution is 5.92. The Morgan fingerprint density at radius 2 is 2.32 bits per heavy atom. The van der Waals surface area contributed by atoms with Crippen LogP contribution >= 0.6 is 0 Å². The highest BCUT2D eigenvalue weighted by atomic mass is 19.1. The van der Waals surface area contributed by atoms with Gasteiger partial charge in [-0.15, -0.1) is 0 Å². The number of hydrogen-bond acceptors (Lipinski definition) is 3. The quantitative estimate of drug-likeness (QED) is 0.935. The lowest BCUT2D eigenvalue weighted by atomic mass is 10.1. The van der Waals surface area contributed by atoms with Crippen LogP contribution in [0, 0.1) is 11.7 Å². The summed E-state index contributed by atoms with van der Waals surface area (Å²) in [6.45, 7) is 2.44. The molecule has 0 bridgehead atoms. The summed E-state index contributed by atoms with van der Waals surface area (Å²) < 4.78 is 14.8. The standard InChI is InChI=1S/C16H19FN4O/c1-18-10-12-5-7-20(11-12)16(22)15-6-8-21(19-15)14-4-2-3-13(17)9-14/h2-4,6,8-9,12,18H,5,7,10-11H2,1H3/t12-/m1/s1. The van der Waals surface area contributed by atoms with E-state index in [0.29, 0.717) is 17.3 Å². The lowest BCUT2D eigenvalue weighted by Gasteiger charge is -2.15. The van der Waals surface area contributed by atoms with Gasteiger partial charge in [0.15, 0.2) is 5.69 Å². The van der Waals surface area contributed by atoms with Gasteiger partial charge >= 0.3 is 0 Å². The first-order chi connectivity index (χ1) is 10.7. The number of benzene rings is 1. The van der Waals surface area contributed by atoms with Crippen LogP contribution in [0.2, 0.25) is 0 Å². The Bertz CT molecular complexity index is 670. The summed E-state index contributed by atoms with van der Waals surface area (Å²) >= 11 is 0. The first-order valence-electron chi connectivity index (χ1n) is 7.43. The molecule has 116 valence electrons. The van der Waals surface area contributed by atoms with Crippen LogP contribution in [0.3, 0.4) is 0 Å². The van der Waals surface area contributed by atoms with Crippen molar-refractivity contribution in [2.75, 3.05) is 26.7 Å². The highest BCUT2D eigenvalue weighted by Crippen LogP contribution is 2.18. The molecule has 1 saturated heterocycles. The molecule has 0 saturated carbocycles. The summed E-state index contributed by atoms with van der Waals surface area (Å²) in [4.78, 5) is 14.3. The van der Waals surface area contributed by atoms with Crippen molar-refractivity contribution in [3.63, 3.8) is 0 Å². The number of amides is 1. The average Bonchev–Trinajstić information content (AvgIpc) is 3.16. The van der Waals surface area contributed by atoms with Gasteiger partial charge in [0.05, 0.1) is 5.69 Å². The van der Waals surface area contributed by atoms with E-state index < -0.39 is 0 Å². The van der Waals surface area contributed by atoms with E-state index in [4.69, 9.17) is 0 Å². The summed E-state index contributed by atoms with van der Waals surface area (Å²) in [5.74, 6) is 0.114. The van der Waals surface area contributed by atoms with E-state index in [9.17, 15) is 9.18 Å². The molecule has 1 aromatic heterocycles. The van der Waals surface area contributed by atoms with E-state index in [1.54, 1.807) is 24.4 Å². The minimum atomic E-state index is -0.324. The molecule has 2 heterocycles. The zero-order valence-corrected chi connectivity index (χ0v) is 12.5. The third-order valence-corrected chi connectivity index (χ3v) is 3.95. The van der Waals surface area contributed by atoms with Crippen LogP contribution in [0.25, 0.3) is 5.69 Å². The maximum atomic E-state index is 13.3. The first-order valence-corrected chi connectivity index (χ1v) is 7.43. The summed E-state index contributed by atoms with van der Waals surface area (Å²) in [5.41, 5.74) is 1.00. The second-order valence-electron chi connectivity index (χ2n) is 5.59. The molecule has 1 atom stereocenters. The van der Waals surface area contributed by atoms with Gasteiger partial charge in [-0.25, -0.2) is 9.07 Å². The number of carbonyl (C=O) groups excluding carboxylic acids is 1. The van der Waals surface area contributed by atoms with Crippen molar-refractivity contribution in [3.05, 3.63) is 48.0 Å². The Morgan fingerprint density at radius 3 is 3.09 bits per heavy atom. The number of nitrogens with one attached hydrogen (secondary N) is 1. The van der Waals surface area contributed by atoms with Gasteiger partial charge < -0.3 is 10.2 Å². The molecule has 1 aliphatic rings. The van der Waals surface area contributed by atoms with Crippen LogP contribution in [-0.2, 0) is 0 Å². The number of carbonyl (C=O) groups is 1. The molecule has 22 heavy (non-hydrogen) atoms. The molecule has 0 radical (unpaired) electrons. The summed E-state index contributed by atoms with van der Waals surface area (Å²) in [5, 5.41) is 7.43. The number of rotatable bonds is 4. The number of likely N-dealkylation sites (tertiary alicyclic amines) is 1. The summed E-state index contributed by atoms with van der Waals surface area (Å²) in [6.07, 6.45) is 2.69. The van der Waals surface area contributed by atoms with Crippen LogP contribution in [0.4, 0.5) is 4.39 Å². The van der Waals surface area contributed by atoms with Gasteiger partial charge in [-0.05, 0) is 50.2 Å². The maximum Gasteiger partial charge on any atom is 0.274 e. The fourth-order valence-electron chi connectivity index (χ4n) is 2.83. The molecule has 1 amide bonds. The topological polar surface area (TPSA) is 50.2 Å². The molecule has 0 aliphatic carbocycles. The van der Waals surface area contributed by atoms with E-state index in [0.717, 1.165) is 26.1 Å². The predicted molar refractivity (Wildman–Crippen MR) is 81.5 cm³/mol. The van der Waals surface area contributed by atoms with Crippen molar-refractivity contribution < 1.29 is 9.18 Å². The van der Waals surface area contributed by atoms with Gasteiger partial charge in [0.1, 0.15) is 5.82 Å². The van der Waals surface area contributed by atoms with Gasteiger partial charge in [-0.1, -0.05) is 6.07 Å². The lowest BCUT2D eigenvalue weighted by molar-refractivity contribution is 0.0781. The maximum absolute atomic E-state index is 13.3. The number of nitrogens with zero attached hydrogens (tertiary/aromatic N) is 3. The molecule has 1 aromatic carbocycles. The van der Waals surface area contributed by atoms with E-state index >= 15 is 0 Å². The Balaban J connectivity index is 1.72. The van der Waals surface area contributed by atoms with Crippen molar-refractivity contribution in [1.29, 1.82) is 0 Å². The summed E-state index contributed by atoms with van der Waals surface area (Å²) in [6, 6.07) is 7.82. The third-order valence-electron chi connectivity index (χ3n) is 3.95. The Hall–Kier alpha value is -2.21. The normalized spacial score (nSPS) is 17.9. The molecule has 1 N–H and O–H groups in total. The monoisotopic (exact) mass is 302 g/mol. The Morgan fingerprint density at radius 1 is 1.45 bits per heavy atom. The fraction of sp³-hybridized carbons (Fsp3) is 0.375. The van der Waals surface area contributed by atoms with Crippen molar-refractivity contribution in [1.82, 2.24) is 20.0 Å². The van der Waals surface area contributed by atoms with Gasteiger partial charge in [-0.2, -0.15) is 5.10 Å². The van der Waals surface area contributed by atoms with Crippen molar-refractivity contribution in [3.8, 4) is 5.69 Å². The minimum Gasteiger partial charge on any atom is -0.337 e. The molecule has 2 aromatic rings. The van der Waals surface area contributed by atoms with Gasteiger partial charge in [0.25, 0.3) is 5.91 Å². The third kappa shape index (κ3) is 3.01. The average molecular weight is 302 g/mol. The van der Waals surface area contributed by atoms with Gasteiger partial charge in [0.2, 0.25) is 0 Å². The molecule has 5 nitrogen and oxygen atoms in total. The highest BCUT2D eigenvalue weighted by Gasteiger charge is 2.27. The molecule has 1 aliphatic heterocycles. The SMILES string of the molecule is CNC[C@H]1CCN(C(=O)c2ccn(-c3cccc(F)c3)n2)C1. The van der Waals surface area contributed by atoms with Gasteiger partial charge in [0, 0.05) is 19.3 Å². The zero-order valence-electron chi connectivity index (χ0n) is 12.5. The van der Waals surface area contributed by atoms with Crippen LogP contribution in [0.5, 0.6) is 0 Å². The van der Waals surface area contributed by atoms with Crippen LogP contribution in [0.1, 0.15) is 16.9 Å². The van der Waals surface area contributed by atoms with E-state index in [1.807, 2.05) is 11.9 Å². The van der Waals surface area contributed by atoms with E-state index in [1.165, 1.54) is 16.8 Å². The fourth-order valence-corrected chi connectivity index (χ4v) is 2.83. The van der Waals surface area contributed by atoms with Crippen LogP contribution in [-0.4, -0.2) is 47.3 Å². The number of aromatic nitrogens is 2. The summed E-state index contributed by atoms with van der Waals surface area (Å²) in [7, 11) is 1.92. The number of halogens is 1. The zero-order chi connectivity index (χ0) is 15.5. The molecule has 1 fully saturated rings. The predicted octanol–water partition coefficient (Wildman–Crippen LogP) is 1.69. The van der Waals surface area contributed by atoms with E-state index in [-0.39, 0.29) is 11.7 Å². The Kier molecular flexibility index (Phi) is 4.20. The van der Waals surface area contributed by atoms with E-state index in [2.05, 4.69) is 10.4 Å². The first kappa shape index (κ1) is 14.7. The second-order valence-corrected chi connectivity index (χ2v) is 5.59. The molecular weight excluding hydrogens is 283 g/mol. The number of hydrogen-bond donors (Lipinski definition) is 1. The Labute approximate surface area is 128 Å². The molecule has 0 unspecified atom stereocenters. The smallest absolute Gasteiger partial charge is 0.274 e. The lowest BCUT2D eigenvalue weighted by Crippen LogP contribution is -2.30. The molecule has 3 rings (SSSR count). The largest absolute Gasteiger partial charge is 0.337 e. The van der Waals surface area contributed by atoms with Crippen molar-refractivity contribution >= 4 is 5.91 Å². The van der Waals surface area contributed by atoms with Crippen molar-refractivity contribution in [2.24, 2.45) is 5.92 Å². The van der Waals surface area contributed by atoms with Gasteiger partial charge in [-0.3, -0.25) is 4.79 Å². The minimum absolute atomic E-state index is 0.0613. The van der Waals surface area contributed by atoms with Crippen LogP contribution < -0.4 is 5.32 Å². The molecule has 0 spiro atoms. The molecular formula is C16H19FN4O. The van der Waals surface area contributed by atoms with Crippen molar-refractivity contribution in [2.45, 2.75) is 6.42 Å².